The summed E-state index contributed by atoms with van der Waals surface area (Å²) in [5.74, 6) is -4.29. The molecule has 0 aromatic heterocycles. The molecule has 0 bridgehead atoms. The molecule has 146 valence electrons. The van der Waals surface area contributed by atoms with Crippen molar-refractivity contribution in [1.29, 1.82) is 0 Å². The molecule has 0 saturated carbocycles. The van der Waals surface area contributed by atoms with Crippen molar-refractivity contribution < 1.29 is 27.9 Å². The first-order chi connectivity index (χ1) is 13.3. The van der Waals surface area contributed by atoms with E-state index >= 15 is 0 Å². The molecule has 0 radical (unpaired) electrons. The number of esters is 1. The van der Waals surface area contributed by atoms with Gasteiger partial charge in [0.1, 0.15) is 0 Å². The van der Waals surface area contributed by atoms with Gasteiger partial charge in [0.2, 0.25) is 5.91 Å². The highest BCUT2D eigenvalue weighted by molar-refractivity contribution is 6.32. The second-order valence-electron chi connectivity index (χ2n) is 5.42. The van der Waals surface area contributed by atoms with E-state index in [2.05, 4.69) is 10.6 Å². The highest BCUT2D eigenvalue weighted by Crippen LogP contribution is 2.16. The predicted molar refractivity (Wildman–Crippen MR) is 99.4 cm³/mol. The van der Waals surface area contributed by atoms with Gasteiger partial charge < -0.3 is 15.4 Å². The maximum Gasteiger partial charge on any atom is 0.331 e. The standard InChI is InChI=1S/C19H15ClF2N2O4/c20-14-4-2-1-3-12(14)5-8-19(27)28-11-18(26)23-10-17(25)24-13-6-7-15(21)16(22)9-13/h1-9H,10-11H2,(H,23,26)(H,24,25)/b8-5+. The largest absolute Gasteiger partial charge is 0.452 e. The Labute approximate surface area is 164 Å². The number of anilines is 1. The number of halogens is 3. The van der Waals surface area contributed by atoms with Crippen LogP contribution in [-0.4, -0.2) is 30.9 Å². The number of hydrogen-bond acceptors (Lipinski definition) is 4. The molecule has 0 aliphatic rings. The number of benzene rings is 2. The fourth-order valence-corrected chi connectivity index (χ4v) is 2.16. The number of nitrogens with one attached hydrogen (secondary N) is 2. The van der Waals surface area contributed by atoms with E-state index in [0.29, 0.717) is 10.6 Å². The van der Waals surface area contributed by atoms with Gasteiger partial charge in [-0.25, -0.2) is 13.6 Å². The van der Waals surface area contributed by atoms with Gasteiger partial charge in [-0.05, 0) is 29.8 Å². The third-order valence-corrected chi connectivity index (χ3v) is 3.64. The first-order valence-electron chi connectivity index (χ1n) is 7.96. The average molecular weight is 409 g/mol. The van der Waals surface area contributed by atoms with Crippen LogP contribution in [0, 0.1) is 11.6 Å². The van der Waals surface area contributed by atoms with Crippen molar-refractivity contribution in [1.82, 2.24) is 5.32 Å². The van der Waals surface area contributed by atoms with E-state index in [-0.39, 0.29) is 5.69 Å². The van der Waals surface area contributed by atoms with Crippen LogP contribution in [0.25, 0.3) is 6.08 Å². The van der Waals surface area contributed by atoms with Crippen molar-refractivity contribution in [2.24, 2.45) is 0 Å². The van der Waals surface area contributed by atoms with Crippen molar-refractivity contribution in [2.45, 2.75) is 0 Å². The Hall–Kier alpha value is -3.26. The van der Waals surface area contributed by atoms with Crippen molar-refractivity contribution in [3.63, 3.8) is 0 Å². The summed E-state index contributed by atoms with van der Waals surface area (Å²) in [6.07, 6.45) is 2.56. The van der Waals surface area contributed by atoms with Crippen LogP contribution in [0.5, 0.6) is 0 Å². The second kappa shape index (κ2) is 10.2. The van der Waals surface area contributed by atoms with Crippen molar-refractivity contribution in [3.8, 4) is 0 Å². The molecule has 2 N–H and O–H groups in total. The maximum absolute atomic E-state index is 13.1. The third kappa shape index (κ3) is 6.81. The summed E-state index contributed by atoms with van der Waals surface area (Å²) < 4.78 is 30.6. The second-order valence-corrected chi connectivity index (χ2v) is 5.82. The fraction of sp³-hybridized carbons (Fsp3) is 0.105. The first kappa shape index (κ1) is 21.0. The van der Waals surface area contributed by atoms with Crippen LogP contribution < -0.4 is 10.6 Å². The number of carbonyl (C=O) groups is 3. The first-order valence-corrected chi connectivity index (χ1v) is 8.34. The van der Waals surface area contributed by atoms with Gasteiger partial charge in [0.05, 0.1) is 6.54 Å². The minimum absolute atomic E-state index is 0.0364. The molecule has 0 spiro atoms. The highest BCUT2D eigenvalue weighted by Gasteiger charge is 2.09. The van der Waals surface area contributed by atoms with Crippen LogP contribution in [0.2, 0.25) is 5.02 Å². The van der Waals surface area contributed by atoms with Crippen LogP contribution in [0.1, 0.15) is 5.56 Å². The minimum atomic E-state index is -1.11. The lowest BCUT2D eigenvalue weighted by Gasteiger charge is -2.07. The molecular weight excluding hydrogens is 394 g/mol. The lowest BCUT2D eigenvalue weighted by Crippen LogP contribution is -2.35. The lowest BCUT2D eigenvalue weighted by atomic mass is 10.2. The molecule has 6 nitrogen and oxygen atoms in total. The van der Waals surface area contributed by atoms with E-state index in [1.807, 2.05) is 0 Å². The molecule has 2 rings (SSSR count). The number of amides is 2. The van der Waals surface area contributed by atoms with Gasteiger partial charge in [0.25, 0.3) is 5.91 Å². The van der Waals surface area contributed by atoms with Crippen molar-refractivity contribution in [3.05, 3.63) is 70.8 Å². The summed E-state index contributed by atoms with van der Waals surface area (Å²) >= 11 is 5.94. The molecular formula is C19H15ClF2N2O4. The zero-order valence-corrected chi connectivity index (χ0v) is 15.1. The molecule has 0 fully saturated rings. The highest BCUT2D eigenvalue weighted by atomic mass is 35.5. The summed E-state index contributed by atoms with van der Waals surface area (Å²) in [5.41, 5.74) is 0.647. The number of ether oxygens (including phenoxy) is 1. The number of hydrogen-bond donors (Lipinski definition) is 2. The monoisotopic (exact) mass is 408 g/mol. The summed E-state index contributed by atoms with van der Waals surface area (Å²) in [5, 5.41) is 4.96. The van der Waals surface area contributed by atoms with Gasteiger partial charge in [0, 0.05) is 22.9 Å². The van der Waals surface area contributed by atoms with E-state index < -0.39 is 42.6 Å². The van der Waals surface area contributed by atoms with Gasteiger partial charge in [0.15, 0.2) is 18.2 Å². The molecule has 0 aliphatic carbocycles. The Kier molecular flexibility index (Phi) is 7.65. The third-order valence-electron chi connectivity index (χ3n) is 3.30. The molecule has 0 heterocycles. The van der Waals surface area contributed by atoms with Crippen LogP contribution in [0.4, 0.5) is 14.5 Å². The predicted octanol–water partition coefficient (Wildman–Crippen LogP) is 2.93. The van der Waals surface area contributed by atoms with Crippen molar-refractivity contribution >= 4 is 41.1 Å². The summed E-state index contributed by atoms with van der Waals surface area (Å²) in [6, 6.07) is 9.68. The minimum Gasteiger partial charge on any atom is -0.452 e. The molecule has 0 aliphatic heterocycles. The maximum atomic E-state index is 13.1. The quantitative estimate of drug-likeness (QED) is 0.545. The van der Waals surface area contributed by atoms with Gasteiger partial charge >= 0.3 is 5.97 Å². The Bertz CT molecular complexity index is 919. The van der Waals surface area contributed by atoms with Crippen LogP contribution >= 0.6 is 11.6 Å². The zero-order chi connectivity index (χ0) is 20.5. The molecule has 9 heteroatoms. The Morgan fingerprint density at radius 2 is 1.79 bits per heavy atom. The Balaban J connectivity index is 1.71. The molecule has 2 amide bonds. The number of rotatable bonds is 7. The fourth-order valence-electron chi connectivity index (χ4n) is 1.96. The average Bonchev–Trinajstić information content (AvgIpc) is 2.67. The Morgan fingerprint density at radius 1 is 1.04 bits per heavy atom. The van der Waals surface area contributed by atoms with E-state index in [1.54, 1.807) is 24.3 Å². The topological polar surface area (TPSA) is 84.5 Å². The van der Waals surface area contributed by atoms with Crippen LogP contribution in [-0.2, 0) is 19.1 Å². The van der Waals surface area contributed by atoms with E-state index in [4.69, 9.17) is 16.3 Å². The molecule has 0 unspecified atom stereocenters. The Morgan fingerprint density at radius 3 is 2.50 bits per heavy atom. The molecule has 28 heavy (non-hydrogen) atoms. The van der Waals surface area contributed by atoms with E-state index in [9.17, 15) is 23.2 Å². The van der Waals surface area contributed by atoms with E-state index in [1.165, 1.54) is 12.1 Å². The molecule has 2 aromatic carbocycles. The number of carbonyl (C=O) groups excluding carboxylic acids is 3. The zero-order valence-electron chi connectivity index (χ0n) is 14.4. The smallest absolute Gasteiger partial charge is 0.331 e. The van der Waals surface area contributed by atoms with Gasteiger partial charge in [-0.3, -0.25) is 9.59 Å². The summed E-state index contributed by atoms with van der Waals surface area (Å²) in [6.45, 7) is -1.03. The van der Waals surface area contributed by atoms with Gasteiger partial charge in [-0.1, -0.05) is 29.8 Å². The lowest BCUT2D eigenvalue weighted by molar-refractivity contribution is -0.143. The molecule has 0 atom stereocenters. The van der Waals surface area contributed by atoms with E-state index in [0.717, 1.165) is 18.2 Å². The van der Waals surface area contributed by atoms with Gasteiger partial charge in [-0.15, -0.1) is 0 Å². The normalized spacial score (nSPS) is 10.5. The van der Waals surface area contributed by atoms with Gasteiger partial charge in [-0.2, -0.15) is 0 Å². The SMILES string of the molecule is O=C(COC(=O)/C=C/c1ccccc1Cl)NCC(=O)Nc1ccc(F)c(F)c1. The molecule has 0 saturated heterocycles. The van der Waals surface area contributed by atoms with Crippen molar-refractivity contribution in [2.75, 3.05) is 18.5 Å². The summed E-state index contributed by atoms with van der Waals surface area (Å²) in [7, 11) is 0. The van der Waals surface area contributed by atoms with Crippen LogP contribution in [0.3, 0.4) is 0 Å². The molecule has 2 aromatic rings. The van der Waals surface area contributed by atoms with Crippen LogP contribution in [0.15, 0.2) is 48.5 Å². The summed E-state index contributed by atoms with van der Waals surface area (Å²) in [4.78, 5) is 34.9.